The maximum absolute atomic E-state index is 4.77. The Labute approximate surface area is 114 Å². The molecule has 100 valence electrons. The Morgan fingerprint density at radius 1 is 1.21 bits per heavy atom. The van der Waals surface area contributed by atoms with Crippen molar-refractivity contribution in [1.29, 1.82) is 0 Å². The summed E-state index contributed by atoms with van der Waals surface area (Å²) >= 11 is 0. The van der Waals surface area contributed by atoms with E-state index in [9.17, 15) is 0 Å². The fourth-order valence-corrected chi connectivity index (χ4v) is 2.78. The molecule has 1 aliphatic heterocycles. The van der Waals surface area contributed by atoms with Crippen LogP contribution >= 0.6 is 0 Å². The maximum atomic E-state index is 4.77. The molecule has 3 rings (SSSR count). The molecule has 0 saturated carbocycles. The van der Waals surface area contributed by atoms with Crippen LogP contribution < -0.4 is 5.32 Å². The fraction of sp³-hybridized carbons (Fsp3) is 0.438. The minimum absolute atomic E-state index is 0.915. The summed E-state index contributed by atoms with van der Waals surface area (Å²) in [6.07, 6.45) is 2.66. The molecule has 0 radical (unpaired) electrons. The number of rotatable bonds is 4. The van der Waals surface area contributed by atoms with Crippen molar-refractivity contribution >= 4 is 16.7 Å². The van der Waals surface area contributed by atoms with Crippen LogP contribution in [0.4, 0.5) is 5.82 Å². The number of hydrogen-bond acceptors (Lipinski definition) is 3. The molecule has 1 aromatic heterocycles. The molecule has 19 heavy (non-hydrogen) atoms. The molecule has 1 aliphatic rings. The quantitative estimate of drug-likeness (QED) is 0.909. The van der Waals surface area contributed by atoms with Crippen molar-refractivity contribution in [1.82, 2.24) is 9.88 Å². The van der Waals surface area contributed by atoms with E-state index >= 15 is 0 Å². The van der Waals surface area contributed by atoms with Gasteiger partial charge in [-0.25, -0.2) is 4.98 Å². The van der Waals surface area contributed by atoms with E-state index in [-0.39, 0.29) is 0 Å². The van der Waals surface area contributed by atoms with Gasteiger partial charge in [-0.3, -0.25) is 4.90 Å². The number of anilines is 1. The van der Waals surface area contributed by atoms with Crippen molar-refractivity contribution in [2.75, 3.05) is 25.0 Å². The third-order valence-electron chi connectivity index (χ3n) is 3.74. The normalized spacial score (nSPS) is 16.1. The number of nitrogens with zero attached hydrogens (tertiary/aromatic N) is 2. The largest absolute Gasteiger partial charge is 0.370 e. The van der Waals surface area contributed by atoms with Crippen LogP contribution in [0.15, 0.2) is 30.3 Å². The summed E-state index contributed by atoms with van der Waals surface area (Å²) in [5.41, 5.74) is 2.39. The van der Waals surface area contributed by atoms with E-state index in [1.165, 1.54) is 36.9 Å². The molecule has 3 nitrogen and oxygen atoms in total. The maximum Gasteiger partial charge on any atom is 0.131 e. The lowest BCUT2D eigenvalue weighted by Crippen LogP contribution is -2.19. The molecule has 1 aromatic carbocycles. The van der Waals surface area contributed by atoms with Gasteiger partial charge in [0.05, 0.1) is 5.52 Å². The van der Waals surface area contributed by atoms with Crippen LogP contribution in [-0.4, -0.2) is 29.5 Å². The van der Waals surface area contributed by atoms with E-state index in [0.717, 1.165) is 24.4 Å². The SMILES string of the molecule is CCNc1nc2ccccc2cc1CN1CCCC1. The average molecular weight is 255 g/mol. The summed E-state index contributed by atoms with van der Waals surface area (Å²) in [6, 6.07) is 10.6. The van der Waals surface area contributed by atoms with Crippen LogP contribution in [0.1, 0.15) is 25.3 Å². The summed E-state index contributed by atoms with van der Waals surface area (Å²) in [4.78, 5) is 7.29. The Morgan fingerprint density at radius 3 is 2.79 bits per heavy atom. The number of likely N-dealkylation sites (tertiary alicyclic amines) is 1. The highest BCUT2D eigenvalue weighted by molar-refractivity contribution is 5.81. The van der Waals surface area contributed by atoms with Gasteiger partial charge in [0.1, 0.15) is 5.82 Å². The second-order valence-electron chi connectivity index (χ2n) is 5.20. The molecule has 2 aromatic rings. The highest BCUT2D eigenvalue weighted by Gasteiger charge is 2.14. The molecule has 2 heterocycles. The smallest absolute Gasteiger partial charge is 0.131 e. The second-order valence-corrected chi connectivity index (χ2v) is 5.20. The zero-order valence-electron chi connectivity index (χ0n) is 11.5. The minimum atomic E-state index is 0.915. The zero-order valence-corrected chi connectivity index (χ0v) is 11.5. The highest BCUT2D eigenvalue weighted by Crippen LogP contribution is 2.23. The third-order valence-corrected chi connectivity index (χ3v) is 3.74. The second kappa shape index (κ2) is 5.57. The molecule has 0 aliphatic carbocycles. The zero-order chi connectivity index (χ0) is 13.1. The molecule has 0 unspecified atom stereocenters. The Kier molecular flexibility index (Phi) is 3.65. The van der Waals surface area contributed by atoms with Gasteiger partial charge >= 0.3 is 0 Å². The van der Waals surface area contributed by atoms with Crippen LogP contribution in [0, 0.1) is 0 Å². The van der Waals surface area contributed by atoms with Gasteiger partial charge < -0.3 is 5.32 Å². The number of nitrogens with one attached hydrogen (secondary N) is 1. The van der Waals surface area contributed by atoms with Crippen molar-refractivity contribution < 1.29 is 0 Å². The van der Waals surface area contributed by atoms with E-state index in [0.29, 0.717) is 0 Å². The monoisotopic (exact) mass is 255 g/mol. The molecule has 1 saturated heterocycles. The summed E-state index contributed by atoms with van der Waals surface area (Å²) in [5, 5.41) is 4.64. The van der Waals surface area contributed by atoms with Gasteiger partial charge in [-0.1, -0.05) is 18.2 Å². The van der Waals surface area contributed by atoms with Crippen LogP contribution in [0.5, 0.6) is 0 Å². The van der Waals surface area contributed by atoms with Crippen LogP contribution in [0.25, 0.3) is 10.9 Å². The van der Waals surface area contributed by atoms with Crippen LogP contribution in [-0.2, 0) is 6.54 Å². The Bertz CT molecular complexity index is 559. The van der Waals surface area contributed by atoms with E-state index in [1.807, 2.05) is 6.07 Å². The Balaban J connectivity index is 1.96. The van der Waals surface area contributed by atoms with Crippen molar-refractivity contribution in [3.63, 3.8) is 0 Å². The van der Waals surface area contributed by atoms with Gasteiger partial charge in [-0.15, -0.1) is 0 Å². The summed E-state index contributed by atoms with van der Waals surface area (Å²) < 4.78 is 0. The highest BCUT2D eigenvalue weighted by atomic mass is 15.1. The van der Waals surface area contributed by atoms with Crippen molar-refractivity contribution in [2.24, 2.45) is 0 Å². The minimum Gasteiger partial charge on any atom is -0.370 e. The summed E-state index contributed by atoms with van der Waals surface area (Å²) in [5.74, 6) is 1.05. The van der Waals surface area contributed by atoms with Gasteiger partial charge in [0, 0.05) is 24.0 Å². The molecule has 1 N–H and O–H groups in total. The van der Waals surface area contributed by atoms with Crippen molar-refractivity contribution in [2.45, 2.75) is 26.3 Å². The van der Waals surface area contributed by atoms with Crippen LogP contribution in [0.2, 0.25) is 0 Å². The number of pyridine rings is 1. The molecule has 0 bridgehead atoms. The Hall–Kier alpha value is -1.61. The molecule has 0 atom stereocenters. The van der Waals surface area contributed by atoms with Crippen molar-refractivity contribution in [3.05, 3.63) is 35.9 Å². The predicted molar refractivity (Wildman–Crippen MR) is 80.4 cm³/mol. The van der Waals surface area contributed by atoms with Gasteiger partial charge in [0.2, 0.25) is 0 Å². The number of benzene rings is 1. The lowest BCUT2D eigenvalue weighted by molar-refractivity contribution is 0.332. The lowest BCUT2D eigenvalue weighted by Gasteiger charge is -2.18. The number of hydrogen-bond donors (Lipinski definition) is 1. The molecule has 3 heteroatoms. The molecular formula is C16H21N3. The van der Waals surface area contributed by atoms with Crippen LogP contribution in [0.3, 0.4) is 0 Å². The predicted octanol–water partition coefficient (Wildman–Crippen LogP) is 3.26. The van der Waals surface area contributed by atoms with Gasteiger partial charge in [-0.2, -0.15) is 0 Å². The number of aromatic nitrogens is 1. The lowest BCUT2D eigenvalue weighted by atomic mass is 10.1. The first kappa shape index (κ1) is 12.4. The first-order valence-electron chi connectivity index (χ1n) is 7.21. The molecular weight excluding hydrogens is 234 g/mol. The molecule has 0 amide bonds. The summed E-state index contributed by atoms with van der Waals surface area (Å²) in [6.45, 7) is 6.49. The van der Waals surface area contributed by atoms with Gasteiger partial charge in [0.25, 0.3) is 0 Å². The fourth-order valence-electron chi connectivity index (χ4n) is 2.78. The number of para-hydroxylation sites is 1. The standard InChI is InChI=1S/C16H21N3/c1-2-17-16-14(12-19-9-5-6-10-19)11-13-7-3-4-8-15(13)18-16/h3-4,7-8,11H,2,5-6,9-10,12H2,1H3,(H,17,18). The third kappa shape index (κ3) is 2.71. The Morgan fingerprint density at radius 2 is 2.00 bits per heavy atom. The van der Waals surface area contributed by atoms with Crippen molar-refractivity contribution in [3.8, 4) is 0 Å². The average Bonchev–Trinajstić information content (AvgIpc) is 2.93. The molecule has 1 fully saturated rings. The van der Waals surface area contributed by atoms with E-state index in [4.69, 9.17) is 4.98 Å². The van der Waals surface area contributed by atoms with Gasteiger partial charge in [-0.05, 0) is 45.0 Å². The van der Waals surface area contributed by atoms with Gasteiger partial charge in [0.15, 0.2) is 0 Å². The van der Waals surface area contributed by atoms with E-state index < -0.39 is 0 Å². The topological polar surface area (TPSA) is 28.2 Å². The summed E-state index contributed by atoms with van der Waals surface area (Å²) in [7, 11) is 0. The van der Waals surface area contributed by atoms with E-state index in [2.05, 4.69) is 41.4 Å². The first-order valence-corrected chi connectivity index (χ1v) is 7.21. The number of fused-ring (bicyclic) bond motifs is 1. The molecule has 0 spiro atoms. The van der Waals surface area contributed by atoms with E-state index in [1.54, 1.807) is 0 Å². The first-order chi connectivity index (χ1) is 9.36.